The average Bonchev–Trinajstić information content (AvgIpc) is 3.18. The van der Waals surface area contributed by atoms with Gasteiger partial charge in [0.2, 0.25) is 5.95 Å². The molecule has 0 atom stereocenters. The summed E-state index contributed by atoms with van der Waals surface area (Å²) < 4.78 is 27.2. The first kappa shape index (κ1) is 17.4. The fourth-order valence-electron chi connectivity index (χ4n) is 3.31. The first-order chi connectivity index (χ1) is 13.2. The first-order valence-electron chi connectivity index (χ1n) is 9.10. The van der Waals surface area contributed by atoms with Gasteiger partial charge in [0.05, 0.1) is 11.4 Å². The van der Waals surface area contributed by atoms with E-state index in [9.17, 15) is 8.78 Å². The Balaban J connectivity index is 1.68. The molecule has 2 N–H and O–H groups in total. The van der Waals surface area contributed by atoms with Crippen molar-refractivity contribution in [2.75, 3.05) is 10.6 Å². The molecule has 1 aliphatic carbocycles. The van der Waals surface area contributed by atoms with Gasteiger partial charge < -0.3 is 10.6 Å². The number of hydrogen-bond acceptors (Lipinski definition) is 4. The van der Waals surface area contributed by atoms with Crippen molar-refractivity contribution in [3.63, 3.8) is 0 Å². The molecule has 0 amide bonds. The fraction of sp³-hybridized carbons (Fsp3) is 0.238. The predicted molar refractivity (Wildman–Crippen MR) is 103 cm³/mol. The zero-order chi connectivity index (χ0) is 18.6. The highest BCUT2D eigenvalue weighted by atomic mass is 19.1. The summed E-state index contributed by atoms with van der Waals surface area (Å²) in [6, 6.07) is 15.3. The normalized spacial score (nSPS) is 14.3. The number of anilines is 3. The van der Waals surface area contributed by atoms with E-state index in [-0.39, 0.29) is 5.69 Å². The van der Waals surface area contributed by atoms with E-state index < -0.39 is 11.6 Å². The van der Waals surface area contributed by atoms with E-state index in [1.165, 1.54) is 25.0 Å². The second-order valence-corrected chi connectivity index (χ2v) is 6.70. The van der Waals surface area contributed by atoms with Gasteiger partial charge in [-0.05, 0) is 25.0 Å². The van der Waals surface area contributed by atoms with Crippen molar-refractivity contribution < 1.29 is 8.78 Å². The number of halogens is 2. The molecule has 3 aromatic rings. The topological polar surface area (TPSA) is 49.8 Å². The minimum absolute atomic E-state index is 0.168. The SMILES string of the molecule is Fc1ccc(Nc2cc(-c3ccccc3)nc(NC3CCCC3)n2)c(F)c1. The highest BCUT2D eigenvalue weighted by molar-refractivity contribution is 5.67. The van der Waals surface area contributed by atoms with Gasteiger partial charge in [-0.15, -0.1) is 0 Å². The lowest BCUT2D eigenvalue weighted by atomic mass is 10.1. The van der Waals surface area contributed by atoms with Crippen molar-refractivity contribution in [1.29, 1.82) is 0 Å². The van der Waals surface area contributed by atoms with Crippen LogP contribution in [0.5, 0.6) is 0 Å². The highest BCUT2D eigenvalue weighted by Crippen LogP contribution is 2.27. The molecular weight excluding hydrogens is 346 g/mol. The molecule has 6 heteroatoms. The van der Waals surface area contributed by atoms with Crippen molar-refractivity contribution in [1.82, 2.24) is 9.97 Å². The van der Waals surface area contributed by atoms with Gasteiger partial charge in [0.25, 0.3) is 0 Å². The summed E-state index contributed by atoms with van der Waals surface area (Å²) in [4.78, 5) is 9.12. The molecule has 0 radical (unpaired) electrons. The molecule has 1 aromatic heterocycles. The second kappa shape index (κ2) is 7.70. The third kappa shape index (κ3) is 4.22. The highest BCUT2D eigenvalue weighted by Gasteiger charge is 2.17. The van der Waals surface area contributed by atoms with E-state index in [1.807, 2.05) is 30.3 Å². The van der Waals surface area contributed by atoms with Crippen molar-refractivity contribution >= 4 is 17.5 Å². The molecule has 0 aliphatic heterocycles. The van der Waals surface area contributed by atoms with Gasteiger partial charge in [0.1, 0.15) is 17.5 Å². The van der Waals surface area contributed by atoms with Crippen LogP contribution in [0.25, 0.3) is 11.3 Å². The molecule has 1 fully saturated rings. The van der Waals surface area contributed by atoms with Gasteiger partial charge in [-0.3, -0.25) is 0 Å². The lowest BCUT2D eigenvalue weighted by molar-refractivity contribution is 0.586. The van der Waals surface area contributed by atoms with Crippen LogP contribution in [0.15, 0.2) is 54.6 Å². The number of nitrogens with one attached hydrogen (secondary N) is 2. The Hall–Kier alpha value is -3.02. The Morgan fingerprint density at radius 3 is 2.41 bits per heavy atom. The Morgan fingerprint density at radius 1 is 0.889 bits per heavy atom. The summed E-state index contributed by atoms with van der Waals surface area (Å²) in [5, 5.41) is 6.33. The molecule has 1 saturated carbocycles. The van der Waals surface area contributed by atoms with E-state index in [2.05, 4.69) is 20.6 Å². The van der Waals surface area contributed by atoms with Gasteiger partial charge in [-0.25, -0.2) is 13.8 Å². The maximum atomic E-state index is 14.0. The summed E-state index contributed by atoms with van der Waals surface area (Å²) in [5.74, 6) is -0.322. The van der Waals surface area contributed by atoms with Gasteiger partial charge >= 0.3 is 0 Å². The van der Waals surface area contributed by atoms with E-state index in [0.717, 1.165) is 30.2 Å². The standard InChI is InChI=1S/C21H20F2N4/c22-15-10-11-18(17(23)12-15)25-20-13-19(14-6-2-1-3-7-14)26-21(27-20)24-16-8-4-5-9-16/h1-3,6-7,10-13,16H,4-5,8-9H2,(H2,24,25,26,27). The minimum Gasteiger partial charge on any atom is -0.351 e. The molecule has 1 aliphatic rings. The molecule has 2 aromatic carbocycles. The van der Waals surface area contributed by atoms with Crippen molar-refractivity contribution in [3.8, 4) is 11.3 Å². The third-order valence-corrected chi connectivity index (χ3v) is 4.68. The van der Waals surface area contributed by atoms with Gasteiger partial charge in [-0.2, -0.15) is 4.98 Å². The van der Waals surface area contributed by atoms with Crippen LogP contribution in [-0.4, -0.2) is 16.0 Å². The lowest BCUT2D eigenvalue weighted by Crippen LogP contribution is -2.17. The smallest absolute Gasteiger partial charge is 0.225 e. The van der Waals surface area contributed by atoms with E-state index in [4.69, 9.17) is 0 Å². The van der Waals surface area contributed by atoms with Crippen molar-refractivity contribution in [2.45, 2.75) is 31.7 Å². The first-order valence-corrected chi connectivity index (χ1v) is 9.10. The van der Waals surface area contributed by atoms with Gasteiger partial charge in [-0.1, -0.05) is 43.2 Å². The molecule has 4 nitrogen and oxygen atoms in total. The van der Waals surface area contributed by atoms with Crippen LogP contribution >= 0.6 is 0 Å². The predicted octanol–water partition coefficient (Wildman–Crippen LogP) is 5.52. The van der Waals surface area contributed by atoms with Crippen molar-refractivity contribution in [2.24, 2.45) is 0 Å². The quantitative estimate of drug-likeness (QED) is 0.624. The zero-order valence-corrected chi connectivity index (χ0v) is 14.8. The summed E-state index contributed by atoms with van der Waals surface area (Å²) in [7, 11) is 0. The molecule has 1 heterocycles. The Bertz CT molecular complexity index is 925. The molecule has 27 heavy (non-hydrogen) atoms. The minimum atomic E-state index is -0.667. The van der Waals surface area contributed by atoms with Crippen LogP contribution in [0.2, 0.25) is 0 Å². The van der Waals surface area contributed by atoms with Gasteiger partial charge in [0.15, 0.2) is 0 Å². The van der Waals surface area contributed by atoms with E-state index in [1.54, 1.807) is 6.07 Å². The van der Waals surface area contributed by atoms with Crippen LogP contribution in [0.4, 0.5) is 26.2 Å². The van der Waals surface area contributed by atoms with E-state index in [0.29, 0.717) is 17.8 Å². The maximum Gasteiger partial charge on any atom is 0.225 e. The average molecular weight is 366 g/mol. The Kier molecular flexibility index (Phi) is 4.96. The van der Waals surface area contributed by atoms with Gasteiger partial charge in [0, 0.05) is 23.7 Å². The van der Waals surface area contributed by atoms with E-state index >= 15 is 0 Å². The fourth-order valence-corrected chi connectivity index (χ4v) is 3.31. The van der Waals surface area contributed by atoms with Crippen LogP contribution in [0, 0.1) is 11.6 Å². The summed E-state index contributed by atoms with van der Waals surface area (Å²) in [5.41, 5.74) is 1.84. The molecular formula is C21H20F2N4. The summed E-state index contributed by atoms with van der Waals surface area (Å²) in [6.45, 7) is 0. The molecule has 0 spiro atoms. The lowest BCUT2D eigenvalue weighted by Gasteiger charge is -2.15. The van der Waals surface area contributed by atoms with Crippen LogP contribution < -0.4 is 10.6 Å². The Labute approximate surface area is 156 Å². The summed E-state index contributed by atoms with van der Waals surface area (Å²) >= 11 is 0. The van der Waals surface area contributed by atoms with Crippen LogP contribution in [-0.2, 0) is 0 Å². The number of rotatable bonds is 5. The molecule has 0 unspecified atom stereocenters. The second-order valence-electron chi connectivity index (χ2n) is 6.70. The van der Waals surface area contributed by atoms with Crippen LogP contribution in [0.1, 0.15) is 25.7 Å². The maximum absolute atomic E-state index is 14.0. The molecule has 0 bridgehead atoms. The number of benzene rings is 2. The third-order valence-electron chi connectivity index (χ3n) is 4.68. The number of aromatic nitrogens is 2. The Morgan fingerprint density at radius 2 is 1.67 bits per heavy atom. The van der Waals surface area contributed by atoms with Crippen LogP contribution in [0.3, 0.4) is 0 Å². The number of nitrogens with zero attached hydrogens (tertiary/aromatic N) is 2. The molecule has 138 valence electrons. The van der Waals surface area contributed by atoms with Crippen molar-refractivity contribution in [3.05, 3.63) is 66.2 Å². The monoisotopic (exact) mass is 366 g/mol. The molecule has 0 saturated heterocycles. The molecule has 4 rings (SSSR count). The summed E-state index contributed by atoms with van der Waals surface area (Å²) in [6.07, 6.45) is 4.58. The largest absolute Gasteiger partial charge is 0.351 e. The number of hydrogen-bond donors (Lipinski definition) is 2. The zero-order valence-electron chi connectivity index (χ0n) is 14.8.